The van der Waals surface area contributed by atoms with Crippen molar-refractivity contribution in [1.29, 1.82) is 0 Å². The average molecular weight is 520 g/mol. The van der Waals surface area contributed by atoms with Gasteiger partial charge in [0.15, 0.2) is 5.78 Å². The van der Waals surface area contributed by atoms with Crippen LogP contribution in [0.3, 0.4) is 0 Å². The van der Waals surface area contributed by atoms with Crippen LogP contribution in [0.25, 0.3) is 0 Å². The number of benzene rings is 1. The number of Topliss-reactive ketones (excluding diaryl/α,β-unsaturated/α-hetero) is 1. The Labute approximate surface area is 225 Å². The Balaban J connectivity index is 1.10. The summed E-state index contributed by atoms with van der Waals surface area (Å²) in [6.07, 6.45) is 12.6. The molecular formula is C31H41N3O4. The maximum atomic E-state index is 13.6. The number of aromatic nitrogens is 3. The zero-order chi connectivity index (χ0) is 26.5. The fourth-order valence-electron chi connectivity index (χ4n) is 8.75. The van der Waals surface area contributed by atoms with E-state index in [2.05, 4.69) is 30.2 Å². The molecule has 2 aromatic rings. The summed E-state index contributed by atoms with van der Waals surface area (Å²) in [6.45, 7) is 5.43. The smallest absolute Gasteiger partial charge is 0.157 e. The Morgan fingerprint density at radius 3 is 2.66 bits per heavy atom. The molecule has 7 heteroatoms. The standard InChI is InChI=1S/C31H41N3O4/c1-30-14-12-22(35)16-20(30)4-9-25-26-10-11-28(31(26,2)15-13-27(25)30)29(36)18-34-17-21(32-33-34)19-38-24-7-5-23(37-3)6-8-24/h4-8,17,22,25-28,35H,9-16,18-19H2,1-3H3/t22-,25-,26-,27-,28+,30-,31-/m0/s1. The summed E-state index contributed by atoms with van der Waals surface area (Å²) in [4.78, 5) is 13.6. The molecule has 0 amide bonds. The maximum Gasteiger partial charge on any atom is 0.157 e. The molecule has 4 aliphatic carbocycles. The summed E-state index contributed by atoms with van der Waals surface area (Å²) >= 11 is 0. The molecule has 0 aliphatic heterocycles. The van der Waals surface area contributed by atoms with Gasteiger partial charge in [0.1, 0.15) is 30.3 Å². The molecule has 0 unspecified atom stereocenters. The predicted molar refractivity (Wildman–Crippen MR) is 144 cm³/mol. The van der Waals surface area contributed by atoms with Crippen LogP contribution >= 0.6 is 0 Å². The molecule has 1 heterocycles. The first-order valence-electron chi connectivity index (χ1n) is 14.4. The van der Waals surface area contributed by atoms with Gasteiger partial charge in [0.2, 0.25) is 0 Å². The first kappa shape index (κ1) is 25.6. The Morgan fingerprint density at radius 1 is 1.08 bits per heavy atom. The third-order valence-corrected chi connectivity index (χ3v) is 10.8. The highest BCUT2D eigenvalue weighted by Crippen LogP contribution is 2.66. The predicted octanol–water partition coefficient (Wildman–Crippen LogP) is 5.37. The summed E-state index contributed by atoms with van der Waals surface area (Å²) in [7, 11) is 1.64. The van der Waals surface area contributed by atoms with Crippen LogP contribution in [0.2, 0.25) is 0 Å². The SMILES string of the molecule is COc1ccc(OCc2cn(CC(=O)[C@H]3CC[C@H]4[C@@H]5CC=C6C[C@@H](O)CC[C@]6(C)[C@H]5CC[C@]34C)nn2)cc1. The molecule has 1 aromatic heterocycles. The molecule has 7 atom stereocenters. The van der Waals surface area contributed by atoms with Crippen molar-refractivity contribution >= 4 is 5.78 Å². The third-order valence-electron chi connectivity index (χ3n) is 10.8. The van der Waals surface area contributed by atoms with Gasteiger partial charge in [-0.1, -0.05) is 30.7 Å². The van der Waals surface area contributed by atoms with Gasteiger partial charge in [-0.2, -0.15) is 0 Å². The van der Waals surface area contributed by atoms with Gasteiger partial charge in [-0.25, -0.2) is 4.68 Å². The zero-order valence-electron chi connectivity index (χ0n) is 22.9. The molecule has 0 radical (unpaired) electrons. The molecule has 1 N–H and O–H groups in total. The Bertz CT molecular complexity index is 1210. The minimum Gasteiger partial charge on any atom is -0.497 e. The second-order valence-electron chi connectivity index (χ2n) is 12.7. The van der Waals surface area contributed by atoms with Crippen molar-refractivity contribution in [3.8, 4) is 11.5 Å². The van der Waals surface area contributed by atoms with Gasteiger partial charge in [0.05, 0.1) is 19.4 Å². The van der Waals surface area contributed by atoms with Gasteiger partial charge in [-0.3, -0.25) is 4.79 Å². The fraction of sp³-hybridized carbons (Fsp3) is 0.645. The minimum absolute atomic E-state index is 0.0645. The fourth-order valence-corrected chi connectivity index (χ4v) is 8.75. The summed E-state index contributed by atoms with van der Waals surface area (Å²) in [5.74, 6) is 3.84. The number of ketones is 1. The maximum absolute atomic E-state index is 13.6. The number of nitrogens with zero attached hydrogens (tertiary/aromatic N) is 3. The van der Waals surface area contributed by atoms with Crippen molar-refractivity contribution in [2.75, 3.05) is 7.11 Å². The van der Waals surface area contributed by atoms with E-state index in [1.54, 1.807) is 11.8 Å². The molecule has 6 rings (SSSR count). The number of carbonyl (C=O) groups excluding carboxylic acids is 1. The largest absolute Gasteiger partial charge is 0.497 e. The number of fused-ring (bicyclic) bond motifs is 5. The number of carbonyl (C=O) groups is 1. The number of rotatable bonds is 7. The Kier molecular flexibility index (Phi) is 6.61. The second-order valence-corrected chi connectivity index (χ2v) is 12.7. The first-order chi connectivity index (χ1) is 18.3. The van der Waals surface area contributed by atoms with Gasteiger partial charge in [-0.05, 0) is 104 Å². The second kappa shape index (κ2) is 9.82. The molecule has 7 nitrogen and oxygen atoms in total. The van der Waals surface area contributed by atoms with E-state index in [9.17, 15) is 9.90 Å². The van der Waals surface area contributed by atoms with Crippen LogP contribution in [-0.4, -0.2) is 39.1 Å². The number of hydrogen-bond acceptors (Lipinski definition) is 6. The van der Waals surface area contributed by atoms with Gasteiger partial charge in [0, 0.05) is 5.92 Å². The van der Waals surface area contributed by atoms with Gasteiger partial charge < -0.3 is 14.6 Å². The molecule has 3 saturated carbocycles. The number of aliphatic hydroxyl groups excluding tert-OH is 1. The lowest BCUT2D eigenvalue weighted by atomic mass is 9.47. The van der Waals surface area contributed by atoms with Crippen LogP contribution in [0.5, 0.6) is 11.5 Å². The molecule has 0 bridgehead atoms. The number of hydrogen-bond donors (Lipinski definition) is 1. The van der Waals surface area contributed by atoms with Gasteiger partial charge >= 0.3 is 0 Å². The van der Waals surface area contributed by atoms with Crippen molar-refractivity contribution in [3.63, 3.8) is 0 Å². The van der Waals surface area contributed by atoms with Crippen LogP contribution < -0.4 is 9.47 Å². The summed E-state index contributed by atoms with van der Waals surface area (Å²) < 4.78 is 12.7. The molecule has 0 spiro atoms. The average Bonchev–Trinajstić information content (AvgIpc) is 3.51. The topological polar surface area (TPSA) is 86.5 Å². The third kappa shape index (κ3) is 4.37. The van der Waals surface area contributed by atoms with Gasteiger partial charge in [-0.15, -0.1) is 5.10 Å². The van der Waals surface area contributed by atoms with E-state index >= 15 is 0 Å². The van der Waals surface area contributed by atoms with Crippen LogP contribution in [-0.2, 0) is 17.9 Å². The van der Waals surface area contributed by atoms with Crippen molar-refractivity contribution < 1.29 is 19.4 Å². The van der Waals surface area contributed by atoms with Crippen molar-refractivity contribution in [2.24, 2.45) is 34.5 Å². The number of methoxy groups -OCH3 is 1. The highest BCUT2D eigenvalue weighted by atomic mass is 16.5. The van der Waals surface area contributed by atoms with E-state index < -0.39 is 0 Å². The Hall–Kier alpha value is -2.67. The van der Waals surface area contributed by atoms with E-state index in [-0.39, 0.29) is 29.4 Å². The number of allylic oxidation sites excluding steroid dienone is 1. The van der Waals surface area contributed by atoms with E-state index in [0.29, 0.717) is 35.8 Å². The van der Waals surface area contributed by atoms with Crippen LogP contribution in [0.1, 0.15) is 70.9 Å². The van der Waals surface area contributed by atoms with Gasteiger partial charge in [0.25, 0.3) is 0 Å². The molecule has 38 heavy (non-hydrogen) atoms. The van der Waals surface area contributed by atoms with E-state index in [1.165, 1.54) is 12.0 Å². The molecule has 1 aromatic carbocycles. The lowest BCUT2D eigenvalue weighted by Gasteiger charge is -2.57. The Morgan fingerprint density at radius 2 is 1.87 bits per heavy atom. The summed E-state index contributed by atoms with van der Waals surface area (Å²) in [5, 5.41) is 18.7. The molecule has 0 saturated heterocycles. The van der Waals surface area contributed by atoms with Crippen LogP contribution in [0.15, 0.2) is 42.1 Å². The van der Waals surface area contributed by atoms with Crippen molar-refractivity contribution in [1.82, 2.24) is 15.0 Å². The van der Waals surface area contributed by atoms with Crippen LogP contribution in [0, 0.1) is 34.5 Å². The normalized spacial score (nSPS) is 36.0. The summed E-state index contributed by atoms with van der Waals surface area (Å²) in [6, 6.07) is 7.44. The highest BCUT2D eigenvalue weighted by molar-refractivity contribution is 5.82. The monoisotopic (exact) mass is 519 g/mol. The quantitative estimate of drug-likeness (QED) is 0.495. The lowest BCUT2D eigenvalue weighted by molar-refractivity contribution is -0.130. The van der Waals surface area contributed by atoms with E-state index in [1.807, 2.05) is 30.5 Å². The highest BCUT2D eigenvalue weighted by Gasteiger charge is 2.59. The molecule has 204 valence electrons. The van der Waals surface area contributed by atoms with Crippen molar-refractivity contribution in [2.45, 2.75) is 84.5 Å². The van der Waals surface area contributed by atoms with E-state index in [4.69, 9.17) is 9.47 Å². The summed E-state index contributed by atoms with van der Waals surface area (Å²) in [5.41, 5.74) is 2.51. The number of aliphatic hydroxyl groups is 1. The lowest BCUT2D eigenvalue weighted by Crippen LogP contribution is -2.51. The molecular weight excluding hydrogens is 478 g/mol. The van der Waals surface area contributed by atoms with Crippen molar-refractivity contribution in [3.05, 3.63) is 47.8 Å². The number of ether oxygens (including phenoxy) is 2. The zero-order valence-corrected chi connectivity index (χ0v) is 22.9. The minimum atomic E-state index is -0.167. The van der Waals surface area contributed by atoms with Crippen LogP contribution in [0.4, 0.5) is 0 Å². The molecule has 3 fully saturated rings. The first-order valence-corrected chi connectivity index (χ1v) is 14.4. The molecule has 4 aliphatic rings. The van der Waals surface area contributed by atoms with E-state index in [0.717, 1.165) is 56.4 Å².